The zero-order valence-electron chi connectivity index (χ0n) is 13.2. The lowest BCUT2D eigenvalue weighted by Gasteiger charge is -2.18. The van der Waals surface area contributed by atoms with Crippen LogP contribution in [0.3, 0.4) is 0 Å². The molecule has 0 saturated carbocycles. The van der Waals surface area contributed by atoms with E-state index in [1.165, 1.54) is 0 Å². The fourth-order valence-corrected chi connectivity index (χ4v) is 2.22. The van der Waals surface area contributed by atoms with Crippen LogP contribution < -0.4 is 4.90 Å². The lowest BCUT2D eigenvalue weighted by Crippen LogP contribution is -2.23. The fourth-order valence-electron chi connectivity index (χ4n) is 2.22. The van der Waals surface area contributed by atoms with Crippen LogP contribution in [0.5, 0.6) is 0 Å². The first-order chi connectivity index (χ1) is 10.7. The van der Waals surface area contributed by atoms with Gasteiger partial charge in [-0.05, 0) is 45.0 Å². The van der Waals surface area contributed by atoms with Gasteiger partial charge in [0.15, 0.2) is 5.82 Å². The molecule has 1 heterocycles. The van der Waals surface area contributed by atoms with Gasteiger partial charge >= 0.3 is 5.97 Å². The first kappa shape index (κ1) is 15.9. The molecule has 0 fully saturated rings. The molecule has 116 valence electrons. The topological polar surface area (TPSA) is 55.3 Å². The molecule has 1 aromatic carbocycles. The maximum Gasteiger partial charge on any atom is 0.338 e. The van der Waals surface area contributed by atoms with Crippen molar-refractivity contribution in [2.45, 2.75) is 20.8 Å². The van der Waals surface area contributed by atoms with Gasteiger partial charge in [0.05, 0.1) is 17.9 Å². The van der Waals surface area contributed by atoms with E-state index in [2.05, 4.69) is 28.9 Å². The lowest BCUT2D eigenvalue weighted by atomic mass is 10.1. The quantitative estimate of drug-likeness (QED) is 0.767. The van der Waals surface area contributed by atoms with Crippen molar-refractivity contribution < 1.29 is 9.53 Å². The minimum atomic E-state index is -0.322. The third-order valence-corrected chi connectivity index (χ3v) is 3.41. The molecule has 0 aliphatic carbocycles. The van der Waals surface area contributed by atoms with Gasteiger partial charge in [-0.3, -0.25) is 0 Å². The van der Waals surface area contributed by atoms with Crippen LogP contribution in [-0.4, -0.2) is 35.9 Å². The molecule has 5 heteroatoms. The summed E-state index contributed by atoms with van der Waals surface area (Å²) in [6, 6.07) is 11.1. The Morgan fingerprint density at radius 1 is 1.09 bits per heavy atom. The zero-order chi connectivity index (χ0) is 15.9. The number of carbonyl (C=O) groups excluding carboxylic acids is 1. The number of hydrogen-bond donors (Lipinski definition) is 0. The van der Waals surface area contributed by atoms with Crippen molar-refractivity contribution in [2.24, 2.45) is 0 Å². The van der Waals surface area contributed by atoms with Crippen molar-refractivity contribution >= 4 is 11.8 Å². The van der Waals surface area contributed by atoms with E-state index >= 15 is 0 Å². The van der Waals surface area contributed by atoms with Crippen LogP contribution in [0.4, 0.5) is 5.82 Å². The molecule has 1 aromatic heterocycles. The molecule has 0 N–H and O–H groups in total. The molecule has 0 amide bonds. The van der Waals surface area contributed by atoms with Crippen molar-refractivity contribution in [3.63, 3.8) is 0 Å². The first-order valence-corrected chi connectivity index (χ1v) is 7.55. The Labute approximate surface area is 130 Å². The Morgan fingerprint density at radius 2 is 1.86 bits per heavy atom. The standard InChI is InChI=1S/C17H21N3O2/c1-4-20(5-2)16-11-10-15(18-19-16)13-8-7-9-14(12-13)17(21)22-6-3/h7-12H,4-6H2,1-3H3. The Kier molecular flexibility index (Phi) is 5.47. The maximum atomic E-state index is 11.8. The van der Waals surface area contributed by atoms with Gasteiger partial charge in [0, 0.05) is 18.7 Å². The number of carbonyl (C=O) groups is 1. The van der Waals surface area contributed by atoms with Crippen molar-refractivity contribution in [1.82, 2.24) is 10.2 Å². The Bertz CT molecular complexity index is 622. The number of hydrogen-bond acceptors (Lipinski definition) is 5. The Balaban J connectivity index is 2.25. The molecule has 2 aromatic rings. The zero-order valence-corrected chi connectivity index (χ0v) is 13.2. The van der Waals surface area contributed by atoms with Gasteiger partial charge in [-0.25, -0.2) is 4.79 Å². The first-order valence-electron chi connectivity index (χ1n) is 7.55. The van der Waals surface area contributed by atoms with Crippen LogP contribution in [0.15, 0.2) is 36.4 Å². The van der Waals surface area contributed by atoms with E-state index in [1.807, 2.05) is 24.3 Å². The number of anilines is 1. The summed E-state index contributed by atoms with van der Waals surface area (Å²) in [5.41, 5.74) is 2.11. The van der Waals surface area contributed by atoms with Gasteiger partial charge < -0.3 is 9.64 Å². The highest BCUT2D eigenvalue weighted by molar-refractivity contribution is 5.90. The maximum absolute atomic E-state index is 11.8. The van der Waals surface area contributed by atoms with E-state index in [4.69, 9.17) is 4.74 Å². The van der Waals surface area contributed by atoms with Gasteiger partial charge in [-0.1, -0.05) is 12.1 Å². The predicted molar refractivity (Wildman–Crippen MR) is 87.0 cm³/mol. The van der Waals surface area contributed by atoms with Crippen LogP contribution in [0, 0.1) is 0 Å². The third-order valence-electron chi connectivity index (χ3n) is 3.41. The van der Waals surface area contributed by atoms with Gasteiger partial charge in [0.1, 0.15) is 0 Å². The van der Waals surface area contributed by atoms with Gasteiger partial charge in [0.25, 0.3) is 0 Å². The molecule has 0 radical (unpaired) electrons. The molecule has 0 unspecified atom stereocenters. The van der Waals surface area contributed by atoms with E-state index in [9.17, 15) is 4.79 Å². The second kappa shape index (κ2) is 7.54. The summed E-state index contributed by atoms with van der Waals surface area (Å²) in [5.74, 6) is 0.535. The highest BCUT2D eigenvalue weighted by Crippen LogP contribution is 2.20. The van der Waals surface area contributed by atoms with Crippen molar-refractivity contribution in [3.8, 4) is 11.3 Å². The van der Waals surface area contributed by atoms with E-state index in [-0.39, 0.29) is 5.97 Å². The van der Waals surface area contributed by atoms with Crippen LogP contribution in [0.25, 0.3) is 11.3 Å². The van der Waals surface area contributed by atoms with E-state index in [0.29, 0.717) is 12.2 Å². The molecule has 0 spiro atoms. The van der Waals surface area contributed by atoms with Crippen LogP contribution in [-0.2, 0) is 4.74 Å². The second-order valence-corrected chi connectivity index (χ2v) is 4.75. The Morgan fingerprint density at radius 3 is 2.45 bits per heavy atom. The lowest BCUT2D eigenvalue weighted by molar-refractivity contribution is 0.0526. The van der Waals surface area contributed by atoms with Crippen LogP contribution in [0.1, 0.15) is 31.1 Å². The highest BCUT2D eigenvalue weighted by Gasteiger charge is 2.09. The van der Waals surface area contributed by atoms with Gasteiger partial charge in [-0.15, -0.1) is 10.2 Å². The number of aromatic nitrogens is 2. The number of rotatable bonds is 6. The summed E-state index contributed by atoms with van der Waals surface area (Å²) in [6.07, 6.45) is 0. The molecular formula is C17H21N3O2. The minimum Gasteiger partial charge on any atom is -0.462 e. The van der Waals surface area contributed by atoms with Crippen LogP contribution in [0.2, 0.25) is 0 Å². The Hall–Kier alpha value is -2.43. The molecule has 0 aliphatic heterocycles. The molecular weight excluding hydrogens is 278 g/mol. The number of ether oxygens (including phenoxy) is 1. The summed E-state index contributed by atoms with van der Waals surface area (Å²) >= 11 is 0. The number of esters is 1. The van der Waals surface area contributed by atoms with E-state index in [0.717, 1.165) is 30.2 Å². The van der Waals surface area contributed by atoms with Gasteiger partial charge in [-0.2, -0.15) is 0 Å². The summed E-state index contributed by atoms with van der Waals surface area (Å²) in [7, 11) is 0. The van der Waals surface area contributed by atoms with Crippen LogP contribution >= 0.6 is 0 Å². The molecule has 22 heavy (non-hydrogen) atoms. The third kappa shape index (κ3) is 3.61. The monoisotopic (exact) mass is 299 g/mol. The summed E-state index contributed by atoms with van der Waals surface area (Å²) < 4.78 is 5.02. The summed E-state index contributed by atoms with van der Waals surface area (Å²) in [6.45, 7) is 8.11. The normalized spacial score (nSPS) is 10.3. The van der Waals surface area contributed by atoms with E-state index in [1.54, 1.807) is 19.1 Å². The molecule has 5 nitrogen and oxygen atoms in total. The summed E-state index contributed by atoms with van der Waals surface area (Å²) in [4.78, 5) is 13.9. The summed E-state index contributed by atoms with van der Waals surface area (Å²) in [5, 5.41) is 8.54. The average Bonchev–Trinajstić information content (AvgIpc) is 2.57. The molecule has 0 aliphatic rings. The highest BCUT2D eigenvalue weighted by atomic mass is 16.5. The van der Waals surface area contributed by atoms with Crippen molar-refractivity contribution in [3.05, 3.63) is 42.0 Å². The minimum absolute atomic E-state index is 0.322. The molecule has 0 atom stereocenters. The fraction of sp³-hybridized carbons (Fsp3) is 0.353. The largest absolute Gasteiger partial charge is 0.462 e. The van der Waals surface area contributed by atoms with Crippen molar-refractivity contribution in [2.75, 3.05) is 24.6 Å². The number of nitrogens with zero attached hydrogens (tertiary/aromatic N) is 3. The number of benzene rings is 1. The predicted octanol–water partition coefficient (Wildman–Crippen LogP) is 3.17. The average molecular weight is 299 g/mol. The van der Waals surface area contributed by atoms with Crippen molar-refractivity contribution in [1.29, 1.82) is 0 Å². The second-order valence-electron chi connectivity index (χ2n) is 4.75. The van der Waals surface area contributed by atoms with Gasteiger partial charge in [0.2, 0.25) is 0 Å². The molecule has 0 saturated heterocycles. The molecule has 2 rings (SSSR count). The molecule has 0 bridgehead atoms. The smallest absolute Gasteiger partial charge is 0.338 e. The van der Waals surface area contributed by atoms with E-state index < -0.39 is 0 Å². The SMILES string of the molecule is CCOC(=O)c1cccc(-c2ccc(N(CC)CC)nn2)c1.